The highest BCUT2D eigenvalue weighted by Gasteiger charge is 2.39. The number of benzene rings is 1. The smallest absolute Gasteiger partial charge is 0.311 e. The summed E-state index contributed by atoms with van der Waals surface area (Å²) in [6, 6.07) is 7.32. The van der Waals surface area contributed by atoms with Crippen LogP contribution < -0.4 is 4.74 Å². The molecule has 1 rings (SSSR count). The highest BCUT2D eigenvalue weighted by Crippen LogP contribution is 2.38. The van der Waals surface area contributed by atoms with Gasteiger partial charge in [-0.05, 0) is 45.6 Å². The van der Waals surface area contributed by atoms with Crippen molar-refractivity contribution in [1.29, 1.82) is 0 Å². The molecule has 0 fully saturated rings. The Hall–Kier alpha value is -1.55. The summed E-state index contributed by atoms with van der Waals surface area (Å²) in [4.78, 5) is 13.4. The Kier molecular flexibility index (Phi) is 4.35. The molecule has 0 heterocycles. The molecule has 100 valence electrons. The van der Waals surface area contributed by atoms with Crippen LogP contribution in [0.4, 0.5) is 0 Å². The number of nitrogens with zero attached hydrogens (tertiary/aromatic N) is 1. The molecule has 0 aliphatic rings. The predicted octanol–water partition coefficient (Wildman–Crippen LogP) is 2.41. The molecule has 1 N–H and O–H groups in total. The molecular formula is C14H21NO3. The van der Waals surface area contributed by atoms with Crippen LogP contribution in [0.3, 0.4) is 0 Å². The van der Waals surface area contributed by atoms with Gasteiger partial charge in [0.15, 0.2) is 0 Å². The van der Waals surface area contributed by atoms with Crippen LogP contribution in [0.5, 0.6) is 5.75 Å². The van der Waals surface area contributed by atoms with E-state index in [0.29, 0.717) is 0 Å². The van der Waals surface area contributed by atoms with Gasteiger partial charge in [0, 0.05) is 6.04 Å². The predicted molar refractivity (Wildman–Crippen MR) is 70.8 cm³/mol. The van der Waals surface area contributed by atoms with E-state index in [1.807, 2.05) is 43.3 Å². The zero-order valence-electron chi connectivity index (χ0n) is 11.6. The van der Waals surface area contributed by atoms with Gasteiger partial charge in [0.25, 0.3) is 0 Å². The fraction of sp³-hybridized carbons (Fsp3) is 0.500. The number of carboxylic acids is 1. The summed E-state index contributed by atoms with van der Waals surface area (Å²) in [7, 11) is 5.37. The third kappa shape index (κ3) is 2.82. The molecule has 1 atom stereocenters. The molecule has 4 heteroatoms. The summed E-state index contributed by atoms with van der Waals surface area (Å²) in [5, 5.41) is 9.39. The lowest BCUT2D eigenvalue weighted by molar-refractivity contribution is -0.150. The maximum Gasteiger partial charge on any atom is 0.311 e. The van der Waals surface area contributed by atoms with Crippen LogP contribution in [0.25, 0.3) is 0 Å². The standard InChI is InChI=1S/C14H21NO3/c1-14(2,13(16)17)12(15(3)4)10-7-6-8-11(9-10)18-5/h6-9,12H,1-5H3,(H,16,17). The van der Waals surface area contributed by atoms with E-state index in [0.717, 1.165) is 11.3 Å². The van der Waals surface area contributed by atoms with E-state index >= 15 is 0 Å². The molecule has 1 unspecified atom stereocenters. The Balaban J connectivity index is 3.24. The molecule has 0 aliphatic heterocycles. The molecule has 0 bridgehead atoms. The number of methoxy groups -OCH3 is 1. The topological polar surface area (TPSA) is 49.8 Å². The van der Waals surface area contributed by atoms with Crippen LogP contribution in [-0.2, 0) is 4.79 Å². The first kappa shape index (κ1) is 14.5. The first-order valence-corrected chi connectivity index (χ1v) is 5.84. The third-order valence-corrected chi connectivity index (χ3v) is 3.16. The van der Waals surface area contributed by atoms with Crippen LogP contribution in [0.15, 0.2) is 24.3 Å². The summed E-state index contributed by atoms with van der Waals surface area (Å²) < 4.78 is 5.19. The molecule has 0 aromatic heterocycles. The van der Waals surface area contributed by atoms with Crippen LogP contribution in [0.1, 0.15) is 25.5 Å². The molecular weight excluding hydrogens is 230 g/mol. The van der Waals surface area contributed by atoms with Crippen molar-refractivity contribution in [2.45, 2.75) is 19.9 Å². The van der Waals surface area contributed by atoms with Gasteiger partial charge in [0.2, 0.25) is 0 Å². The van der Waals surface area contributed by atoms with E-state index in [1.54, 1.807) is 21.0 Å². The Morgan fingerprint density at radius 1 is 1.39 bits per heavy atom. The van der Waals surface area contributed by atoms with Gasteiger partial charge >= 0.3 is 5.97 Å². The molecule has 0 aliphatic carbocycles. The normalized spacial score (nSPS) is 13.4. The first-order valence-electron chi connectivity index (χ1n) is 5.84. The fourth-order valence-corrected chi connectivity index (χ4v) is 2.29. The van der Waals surface area contributed by atoms with Gasteiger partial charge in [-0.2, -0.15) is 0 Å². The second-order valence-electron chi connectivity index (χ2n) is 5.17. The van der Waals surface area contributed by atoms with Gasteiger partial charge in [-0.25, -0.2) is 0 Å². The summed E-state index contributed by atoms with van der Waals surface area (Å²) >= 11 is 0. The fourth-order valence-electron chi connectivity index (χ4n) is 2.29. The monoisotopic (exact) mass is 251 g/mol. The van der Waals surface area contributed by atoms with Gasteiger partial charge in [0.05, 0.1) is 12.5 Å². The van der Waals surface area contributed by atoms with E-state index < -0.39 is 11.4 Å². The van der Waals surface area contributed by atoms with Gasteiger partial charge in [-0.1, -0.05) is 12.1 Å². The third-order valence-electron chi connectivity index (χ3n) is 3.16. The van der Waals surface area contributed by atoms with E-state index in [2.05, 4.69) is 0 Å². The van der Waals surface area contributed by atoms with Crippen molar-refractivity contribution in [3.05, 3.63) is 29.8 Å². The van der Waals surface area contributed by atoms with Gasteiger partial charge < -0.3 is 14.7 Å². The van der Waals surface area contributed by atoms with Crippen molar-refractivity contribution in [3.8, 4) is 5.75 Å². The minimum absolute atomic E-state index is 0.218. The average Bonchev–Trinajstić information content (AvgIpc) is 2.28. The van der Waals surface area contributed by atoms with Crippen molar-refractivity contribution < 1.29 is 14.6 Å². The Bertz CT molecular complexity index is 427. The lowest BCUT2D eigenvalue weighted by Crippen LogP contribution is -2.39. The van der Waals surface area contributed by atoms with Crippen LogP contribution >= 0.6 is 0 Å². The van der Waals surface area contributed by atoms with Crippen molar-refractivity contribution in [2.24, 2.45) is 5.41 Å². The lowest BCUT2D eigenvalue weighted by Gasteiger charge is -2.36. The number of carbonyl (C=O) groups is 1. The molecule has 1 aromatic carbocycles. The highest BCUT2D eigenvalue weighted by atomic mass is 16.5. The zero-order chi connectivity index (χ0) is 13.9. The second kappa shape index (κ2) is 5.40. The molecule has 0 spiro atoms. The maximum absolute atomic E-state index is 11.4. The summed E-state index contributed by atoms with van der Waals surface area (Å²) in [5.41, 5.74) is 0.0577. The molecule has 0 saturated heterocycles. The second-order valence-corrected chi connectivity index (χ2v) is 5.17. The minimum atomic E-state index is -0.879. The zero-order valence-corrected chi connectivity index (χ0v) is 11.6. The molecule has 0 saturated carbocycles. The number of rotatable bonds is 5. The van der Waals surface area contributed by atoms with Crippen LogP contribution in [-0.4, -0.2) is 37.2 Å². The molecule has 4 nitrogen and oxygen atoms in total. The summed E-state index contributed by atoms with van der Waals surface area (Å²) in [6.45, 7) is 3.47. The van der Waals surface area contributed by atoms with E-state index in [-0.39, 0.29) is 6.04 Å². The quantitative estimate of drug-likeness (QED) is 0.873. The van der Waals surface area contributed by atoms with Gasteiger partial charge in [-0.3, -0.25) is 4.79 Å². The minimum Gasteiger partial charge on any atom is -0.497 e. The summed E-state index contributed by atoms with van der Waals surface area (Å²) in [5.74, 6) is -0.0791. The number of carboxylic acid groups (broad SMARTS) is 1. The van der Waals surface area contributed by atoms with Gasteiger partial charge in [0.1, 0.15) is 5.75 Å². The highest BCUT2D eigenvalue weighted by molar-refractivity contribution is 5.75. The van der Waals surface area contributed by atoms with Crippen molar-refractivity contribution in [1.82, 2.24) is 4.90 Å². The average molecular weight is 251 g/mol. The Morgan fingerprint density at radius 3 is 2.44 bits per heavy atom. The first-order chi connectivity index (χ1) is 8.30. The SMILES string of the molecule is COc1cccc(C(N(C)C)C(C)(C)C(=O)O)c1. The van der Waals surface area contributed by atoms with E-state index in [9.17, 15) is 9.90 Å². The Labute approximate surface area is 108 Å². The Morgan fingerprint density at radius 2 is 2.00 bits per heavy atom. The molecule has 0 amide bonds. The van der Waals surface area contributed by atoms with E-state index in [1.165, 1.54) is 0 Å². The molecule has 18 heavy (non-hydrogen) atoms. The molecule has 0 radical (unpaired) electrons. The van der Waals surface area contributed by atoms with Gasteiger partial charge in [-0.15, -0.1) is 0 Å². The van der Waals surface area contributed by atoms with Crippen molar-refractivity contribution >= 4 is 5.97 Å². The lowest BCUT2D eigenvalue weighted by atomic mass is 9.79. The number of ether oxygens (including phenoxy) is 1. The number of hydrogen-bond donors (Lipinski definition) is 1. The van der Waals surface area contributed by atoms with Crippen LogP contribution in [0, 0.1) is 5.41 Å². The number of aliphatic carboxylic acids is 1. The maximum atomic E-state index is 11.4. The summed E-state index contributed by atoms with van der Waals surface area (Å²) in [6.07, 6.45) is 0. The largest absolute Gasteiger partial charge is 0.497 e. The number of hydrogen-bond acceptors (Lipinski definition) is 3. The van der Waals surface area contributed by atoms with Crippen molar-refractivity contribution in [3.63, 3.8) is 0 Å². The van der Waals surface area contributed by atoms with E-state index in [4.69, 9.17) is 4.74 Å². The molecule has 1 aromatic rings. The van der Waals surface area contributed by atoms with Crippen LogP contribution in [0.2, 0.25) is 0 Å². The van der Waals surface area contributed by atoms with Crippen molar-refractivity contribution in [2.75, 3.05) is 21.2 Å².